The molecule has 0 heterocycles. The predicted molar refractivity (Wildman–Crippen MR) is 110 cm³/mol. The molecule has 2 aromatic carbocycles. The van der Waals surface area contributed by atoms with Crippen LogP contribution >= 0.6 is 22.6 Å². The summed E-state index contributed by atoms with van der Waals surface area (Å²) in [6, 6.07) is 12.9. The largest absolute Gasteiger partial charge is 0.496 e. The van der Waals surface area contributed by atoms with E-state index in [2.05, 4.69) is 34.8 Å². The monoisotopic (exact) mass is 453 g/mol. The van der Waals surface area contributed by atoms with E-state index in [1.165, 1.54) is 19.3 Å². The SMILES string of the molecule is CCCCCCOc1cccc(NC(=O)c2ccc(OC)c(I)c2)c1. The standard InChI is InChI=1S/C20H24INO3/c1-3-4-5-6-12-25-17-9-7-8-16(14-17)22-20(23)15-10-11-19(24-2)18(21)13-15/h7-11,13-14H,3-6,12H2,1-2H3,(H,22,23). The van der Waals surface area contributed by atoms with Gasteiger partial charge in [0.2, 0.25) is 0 Å². The van der Waals surface area contributed by atoms with Gasteiger partial charge in [-0.1, -0.05) is 32.3 Å². The van der Waals surface area contributed by atoms with Crippen molar-refractivity contribution in [3.8, 4) is 11.5 Å². The number of methoxy groups -OCH3 is 1. The summed E-state index contributed by atoms with van der Waals surface area (Å²) in [7, 11) is 1.62. The van der Waals surface area contributed by atoms with E-state index in [-0.39, 0.29) is 5.91 Å². The molecule has 1 amide bonds. The Morgan fingerprint density at radius 3 is 2.68 bits per heavy atom. The maximum atomic E-state index is 12.4. The molecule has 5 heteroatoms. The highest BCUT2D eigenvalue weighted by Gasteiger charge is 2.09. The van der Waals surface area contributed by atoms with E-state index in [0.29, 0.717) is 12.2 Å². The number of carbonyl (C=O) groups excluding carboxylic acids is 1. The summed E-state index contributed by atoms with van der Waals surface area (Å²) in [6.45, 7) is 2.89. The molecule has 0 unspecified atom stereocenters. The first-order valence-corrected chi connectivity index (χ1v) is 9.59. The van der Waals surface area contributed by atoms with Crippen LogP contribution < -0.4 is 14.8 Å². The second-order valence-electron chi connectivity index (χ2n) is 5.74. The molecular weight excluding hydrogens is 429 g/mol. The summed E-state index contributed by atoms with van der Waals surface area (Å²) in [4.78, 5) is 12.4. The van der Waals surface area contributed by atoms with Crippen molar-refractivity contribution in [1.29, 1.82) is 0 Å². The molecule has 0 saturated carbocycles. The zero-order valence-corrected chi connectivity index (χ0v) is 16.8. The summed E-state index contributed by atoms with van der Waals surface area (Å²) < 4.78 is 11.9. The fourth-order valence-electron chi connectivity index (χ4n) is 2.39. The Balaban J connectivity index is 1.94. The third kappa shape index (κ3) is 6.23. The van der Waals surface area contributed by atoms with Crippen molar-refractivity contribution in [2.75, 3.05) is 19.0 Å². The molecule has 2 rings (SSSR count). The predicted octanol–water partition coefficient (Wildman–Crippen LogP) is 5.51. The number of benzene rings is 2. The van der Waals surface area contributed by atoms with Gasteiger partial charge in [0.15, 0.2) is 0 Å². The highest BCUT2D eigenvalue weighted by molar-refractivity contribution is 14.1. The molecule has 0 aliphatic heterocycles. The Morgan fingerprint density at radius 1 is 1.12 bits per heavy atom. The van der Waals surface area contributed by atoms with Gasteiger partial charge in [-0.15, -0.1) is 0 Å². The lowest BCUT2D eigenvalue weighted by molar-refractivity contribution is 0.102. The second kappa shape index (κ2) is 10.3. The van der Waals surface area contributed by atoms with E-state index >= 15 is 0 Å². The number of unbranched alkanes of at least 4 members (excludes halogenated alkanes) is 3. The molecule has 0 fully saturated rings. The zero-order chi connectivity index (χ0) is 18.1. The van der Waals surface area contributed by atoms with Crippen LogP contribution in [-0.2, 0) is 0 Å². The average Bonchev–Trinajstić information content (AvgIpc) is 2.62. The number of anilines is 1. The molecule has 0 aromatic heterocycles. The highest BCUT2D eigenvalue weighted by atomic mass is 127. The molecule has 25 heavy (non-hydrogen) atoms. The van der Waals surface area contributed by atoms with Crippen molar-refractivity contribution in [2.45, 2.75) is 32.6 Å². The van der Waals surface area contributed by atoms with Gasteiger partial charge < -0.3 is 14.8 Å². The number of ether oxygens (including phenoxy) is 2. The molecule has 2 aromatic rings. The maximum Gasteiger partial charge on any atom is 0.255 e. The molecule has 1 N–H and O–H groups in total. The van der Waals surface area contributed by atoms with Crippen LogP contribution in [0.1, 0.15) is 43.0 Å². The summed E-state index contributed by atoms with van der Waals surface area (Å²) in [5.74, 6) is 1.38. The maximum absolute atomic E-state index is 12.4. The van der Waals surface area contributed by atoms with E-state index in [0.717, 1.165) is 27.2 Å². The van der Waals surface area contributed by atoms with E-state index in [4.69, 9.17) is 9.47 Å². The van der Waals surface area contributed by atoms with Gasteiger partial charge in [0, 0.05) is 17.3 Å². The molecule has 0 atom stereocenters. The summed E-state index contributed by atoms with van der Waals surface area (Å²) in [6.07, 6.45) is 4.68. The lowest BCUT2D eigenvalue weighted by Gasteiger charge is -2.10. The number of hydrogen-bond acceptors (Lipinski definition) is 3. The first kappa shape index (κ1) is 19.6. The van der Waals surface area contributed by atoms with Gasteiger partial charge >= 0.3 is 0 Å². The van der Waals surface area contributed by atoms with Gasteiger partial charge in [0.1, 0.15) is 11.5 Å². The quantitative estimate of drug-likeness (QED) is 0.402. The van der Waals surface area contributed by atoms with E-state index in [9.17, 15) is 4.79 Å². The fourth-order valence-corrected chi connectivity index (χ4v) is 3.13. The van der Waals surface area contributed by atoms with Gasteiger partial charge in [-0.3, -0.25) is 4.79 Å². The van der Waals surface area contributed by atoms with E-state index in [1.807, 2.05) is 30.3 Å². The van der Waals surface area contributed by atoms with Crippen molar-refractivity contribution in [1.82, 2.24) is 0 Å². The van der Waals surface area contributed by atoms with Crippen LogP contribution in [0.2, 0.25) is 0 Å². The smallest absolute Gasteiger partial charge is 0.255 e. The van der Waals surface area contributed by atoms with Crippen LogP contribution in [0.5, 0.6) is 11.5 Å². The lowest BCUT2D eigenvalue weighted by atomic mass is 10.2. The van der Waals surface area contributed by atoms with E-state index in [1.54, 1.807) is 19.2 Å². The molecule has 134 valence electrons. The van der Waals surface area contributed by atoms with Crippen molar-refractivity contribution in [3.63, 3.8) is 0 Å². The van der Waals surface area contributed by atoms with Crippen LogP contribution in [0.3, 0.4) is 0 Å². The summed E-state index contributed by atoms with van der Waals surface area (Å²) >= 11 is 2.16. The number of rotatable bonds is 9. The number of hydrogen-bond donors (Lipinski definition) is 1. The van der Waals surface area contributed by atoms with Crippen LogP contribution in [0.25, 0.3) is 0 Å². The number of halogens is 1. The van der Waals surface area contributed by atoms with Gasteiger partial charge in [-0.05, 0) is 59.3 Å². The first-order chi connectivity index (χ1) is 12.1. The van der Waals surface area contributed by atoms with Crippen LogP contribution in [0.15, 0.2) is 42.5 Å². The van der Waals surface area contributed by atoms with Gasteiger partial charge in [0.25, 0.3) is 5.91 Å². The number of carbonyl (C=O) groups is 1. The topological polar surface area (TPSA) is 47.6 Å². The minimum absolute atomic E-state index is 0.152. The molecule has 0 aliphatic rings. The molecule has 0 bridgehead atoms. The average molecular weight is 453 g/mol. The minimum Gasteiger partial charge on any atom is -0.496 e. The zero-order valence-electron chi connectivity index (χ0n) is 14.7. The van der Waals surface area contributed by atoms with Crippen molar-refractivity contribution in [3.05, 3.63) is 51.6 Å². The van der Waals surface area contributed by atoms with Gasteiger partial charge in [0.05, 0.1) is 17.3 Å². The van der Waals surface area contributed by atoms with Crippen LogP contribution in [0.4, 0.5) is 5.69 Å². The number of amides is 1. The summed E-state index contributed by atoms with van der Waals surface area (Å²) in [5.41, 5.74) is 1.32. The van der Waals surface area contributed by atoms with E-state index < -0.39 is 0 Å². The Labute approximate surface area is 163 Å². The Kier molecular flexibility index (Phi) is 8.04. The van der Waals surface area contributed by atoms with Gasteiger partial charge in [-0.25, -0.2) is 0 Å². The molecule has 4 nitrogen and oxygen atoms in total. The molecule has 0 saturated heterocycles. The molecular formula is C20H24INO3. The third-order valence-corrected chi connectivity index (χ3v) is 4.62. The van der Waals surface area contributed by atoms with Crippen LogP contribution in [-0.4, -0.2) is 19.6 Å². The molecule has 0 spiro atoms. The minimum atomic E-state index is -0.152. The van der Waals surface area contributed by atoms with Crippen LogP contribution in [0, 0.1) is 3.57 Å². The van der Waals surface area contributed by atoms with Crippen molar-refractivity contribution >= 4 is 34.2 Å². The number of nitrogens with one attached hydrogen (secondary N) is 1. The molecule has 0 radical (unpaired) electrons. The first-order valence-electron chi connectivity index (χ1n) is 8.51. The second-order valence-corrected chi connectivity index (χ2v) is 6.90. The third-order valence-electron chi connectivity index (χ3n) is 3.77. The fraction of sp³-hybridized carbons (Fsp3) is 0.350. The van der Waals surface area contributed by atoms with Crippen molar-refractivity contribution < 1.29 is 14.3 Å². The molecule has 0 aliphatic carbocycles. The lowest BCUT2D eigenvalue weighted by Crippen LogP contribution is -2.12. The Hall–Kier alpha value is -1.76. The Morgan fingerprint density at radius 2 is 1.96 bits per heavy atom. The Bertz CT molecular complexity index is 703. The highest BCUT2D eigenvalue weighted by Crippen LogP contribution is 2.23. The normalized spacial score (nSPS) is 10.4. The van der Waals surface area contributed by atoms with Gasteiger partial charge in [-0.2, -0.15) is 0 Å². The van der Waals surface area contributed by atoms with Crippen molar-refractivity contribution in [2.24, 2.45) is 0 Å². The summed E-state index contributed by atoms with van der Waals surface area (Å²) in [5, 5.41) is 2.91.